The van der Waals surface area contributed by atoms with Crippen LogP contribution in [0.2, 0.25) is 0 Å². The third kappa shape index (κ3) is 7.76. The van der Waals surface area contributed by atoms with E-state index < -0.39 is 5.66 Å². The van der Waals surface area contributed by atoms with Crippen LogP contribution in [0.4, 0.5) is 0 Å². The quantitative estimate of drug-likeness (QED) is 0.294. The van der Waals surface area contributed by atoms with Gasteiger partial charge in [-0.3, -0.25) is 9.59 Å². The number of carbonyl (C=O) groups is 2. The molecule has 0 aromatic rings. The molecule has 1 N–H and O–H groups in total. The van der Waals surface area contributed by atoms with E-state index >= 15 is 0 Å². The fourth-order valence-electron chi connectivity index (χ4n) is 3.39. The molecule has 0 bridgehead atoms. The zero-order valence-corrected chi connectivity index (χ0v) is 18.0. The fourth-order valence-corrected chi connectivity index (χ4v) is 3.39. The van der Waals surface area contributed by atoms with Gasteiger partial charge in [0.1, 0.15) is 5.66 Å². The average molecular weight is 365 g/mol. The molecule has 0 aliphatic carbocycles. The highest BCUT2D eigenvalue weighted by Gasteiger charge is 2.40. The van der Waals surface area contributed by atoms with Crippen LogP contribution >= 0.6 is 0 Å². The third-order valence-corrected chi connectivity index (χ3v) is 4.80. The van der Waals surface area contributed by atoms with Gasteiger partial charge in [0, 0.05) is 13.3 Å². The normalized spacial score (nSPS) is 15.3. The fraction of sp³-hybridized carbons (Fsp3) is 0.727. The Labute approximate surface area is 161 Å². The minimum Gasteiger partial charge on any atom is -0.333 e. The Morgan fingerprint density at radius 1 is 1.23 bits per heavy atom. The first-order valence-corrected chi connectivity index (χ1v) is 9.88. The summed E-state index contributed by atoms with van der Waals surface area (Å²) in [7, 11) is 0. The van der Waals surface area contributed by atoms with Gasteiger partial charge in [-0.25, -0.2) is 0 Å². The van der Waals surface area contributed by atoms with Crippen molar-refractivity contribution < 1.29 is 9.59 Å². The number of hydrogen-bond donors (Lipinski definition) is 1. The number of allylic oxidation sites excluding steroid dienone is 1. The molecule has 2 unspecified atom stereocenters. The van der Waals surface area contributed by atoms with E-state index in [4.69, 9.17) is 0 Å². The Balaban J connectivity index is 6.04. The maximum Gasteiger partial charge on any atom is 0.218 e. The topological polar surface area (TPSA) is 49.4 Å². The summed E-state index contributed by atoms with van der Waals surface area (Å²) in [6, 6.07) is -0.0830. The van der Waals surface area contributed by atoms with Gasteiger partial charge in [0.05, 0.1) is 6.04 Å². The summed E-state index contributed by atoms with van der Waals surface area (Å²) in [5, 5.41) is 3.10. The van der Waals surface area contributed by atoms with Crippen molar-refractivity contribution >= 4 is 12.3 Å². The van der Waals surface area contributed by atoms with Crippen LogP contribution in [0.15, 0.2) is 24.3 Å². The minimum atomic E-state index is -0.713. The number of amides is 2. The number of hydrogen-bond acceptors (Lipinski definition) is 2. The van der Waals surface area contributed by atoms with Crippen LogP contribution in [-0.2, 0) is 9.59 Å². The van der Waals surface area contributed by atoms with Gasteiger partial charge in [0.15, 0.2) is 0 Å². The molecule has 0 heterocycles. The van der Waals surface area contributed by atoms with Crippen molar-refractivity contribution in [2.24, 2.45) is 5.41 Å². The lowest BCUT2D eigenvalue weighted by atomic mass is 9.84. The summed E-state index contributed by atoms with van der Waals surface area (Å²) in [5.41, 5.74) is 0.494. The predicted molar refractivity (Wildman–Crippen MR) is 111 cm³/mol. The molecule has 0 saturated carbocycles. The number of rotatable bonds is 12. The van der Waals surface area contributed by atoms with E-state index in [0.29, 0.717) is 12.8 Å². The van der Waals surface area contributed by atoms with Crippen molar-refractivity contribution in [2.45, 2.75) is 98.7 Å². The average Bonchev–Trinajstić information content (AvgIpc) is 2.54. The summed E-state index contributed by atoms with van der Waals surface area (Å²) < 4.78 is 0. The van der Waals surface area contributed by atoms with Gasteiger partial charge in [-0.05, 0) is 38.0 Å². The largest absolute Gasteiger partial charge is 0.333 e. The van der Waals surface area contributed by atoms with Crippen LogP contribution in [0.25, 0.3) is 0 Å². The van der Waals surface area contributed by atoms with E-state index in [1.165, 1.54) is 6.92 Å². The molecule has 2 amide bonds. The Bertz CT molecular complexity index is 491. The summed E-state index contributed by atoms with van der Waals surface area (Å²) in [5.74, 6) is -0.119. The molecular weight excluding hydrogens is 324 g/mol. The van der Waals surface area contributed by atoms with Crippen molar-refractivity contribution in [1.29, 1.82) is 0 Å². The molecule has 0 fully saturated rings. The first-order valence-electron chi connectivity index (χ1n) is 9.88. The molecule has 0 aromatic carbocycles. The standard InChI is InChI=1S/C22H40N2O2/c1-9-12-15-22(14-10-2,23-19(5)26)24(17-25)20(18(4)11-3)13-16-21(6,7)8/h9,12,17,20H,4,10-11,13-16H2,1-3,5-8H3,(H,23,26). The molecule has 150 valence electrons. The van der Waals surface area contributed by atoms with Crippen molar-refractivity contribution in [3.05, 3.63) is 24.3 Å². The van der Waals surface area contributed by atoms with Crippen LogP contribution in [0.1, 0.15) is 87.0 Å². The van der Waals surface area contributed by atoms with Gasteiger partial charge >= 0.3 is 0 Å². The summed E-state index contributed by atoms with van der Waals surface area (Å²) >= 11 is 0. The predicted octanol–water partition coefficient (Wildman–Crippen LogP) is 5.20. The van der Waals surface area contributed by atoms with E-state index in [1.807, 2.05) is 24.0 Å². The van der Waals surface area contributed by atoms with Gasteiger partial charge in [-0.1, -0.05) is 65.3 Å². The Morgan fingerprint density at radius 3 is 2.23 bits per heavy atom. The van der Waals surface area contributed by atoms with Crippen LogP contribution in [0, 0.1) is 5.41 Å². The van der Waals surface area contributed by atoms with E-state index in [2.05, 4.69) is 46.5 Å². The first-order chi connectivity index (χ1) is 12.1. The maximum absolute atomic E-state index is 12.3. The van der Waals surface area contributed by atoms with Crippen molar-refractivity contribution in [1.82, 2.24) is 10.2 Å². The van der Waals surface area contributed by atoms with Gasteiger partial charge < -0.3 is 10.2 Å². The van der Waals surface area contributed by atoms with Gasteiger partial charge in [0.2, 0.25) is 12.3 Å². The van der Waals surface area contributed by atoms with E-state index in [1.54, 1.807) is 0 Å². The molecular formula is C22H40N2O2. The van der Waals surface area contributed by atoms with Crippen LogP contribution < -0.4 is 5.32 Å². The summed E-state index contributed by atoms with van der Waals surface area (Å²) in [6.07, 6.45) is 9.70. The Hall–Kier alpha value is -1.58. The number of nitrogens with zero attached hydrogens (tertiary/aromatic N) is 1. The Morgan fingerprint density at radius 2 is 1.85 bits per heavy atom. The lowest BCUT2D eigenvalue weighted by molar-refractivity contribution is -0.134. The van der Waals surface area contributed by atoms with Crippen molar-refractivity contribution in [2.75, 3.05) is 0 Å². The summed E-state index contributed by atoms with van der Waals surface area (Å²) in [6.45, 7) is 18.5. The Kier molecular flexibility index (Phi) is 10.5. The van der Waals surface area contributed by atoms with Gasteiger partial charge in [-0.15, -0.1) is 0 Å². The molecule has 0 spiro atoms. The second-order valence-corrected chi connectivity index (χ2v) is 8.38. The monoisotopic (exact) mass is 364 g/mol. The molecule has 0 aliphatic rings. The third-order valence-electron chi connectivity index (χ3n) is 4.80. The highest BCUT2D eigenvalue weighted by molar-refractivity contribution is 5.74. The van der Waals surface area contributed by atoms with Gasteiger partial charge in [-0.2, -0.15) is 0 Å². The molecule has 0 aromatic heterocycles. The van der Waals surface area contributed by atoms with Crippen LogP contribution in [0.5, 0.6) is 0 Å². The highest BCUT2D eigenvalue weighted by Crippen LogP contribution is 2.32. The minimum absolute atomic E-state index is 0.0830. The first kappa shape index (κ1) is 24.4. The maximum atomic E-state index is 12.3. The van der Waals surface area contributed by atoms with Crippen molar-refractivity contribution in [3.8, 4) is 0 Å². The highest BCUT2D eigenvalue weighted by atomic mass is 16.2. The van der Waals surface area contributed by atoms with Crippen LogP contribution in [0.3, 0.4) is 0 Å². The zero-order valence-electron chi connectivity index (χ0n) is 18.0. The van der Waals surface area contributed by atoms with E-state index in [-0.39, 0.29) is 17.4 Å². The molecule has 2 atom stereocenters. The molecule has 4 nitrogen and oxygen atoms in total. The smallest absolute Gasteiger partial charge is 0.218 e. The molecule has 4 heteroatoms. The zero-order chi connectivity index (χ0) is 20.4. The second-order valence-electron chi connectivity index (χ2n) is 8.38. The second kappa shape index (κ2) is 11.2. The molecule has 0 radical (unpaired) electrons. The molecule has 0 rings (SSSR count). The van der Waals surface area contributed by atoms with E-state index in [0.717, 1.165) is 37.7 Å². The SMILES string of the molecule is C=C(CC)C(CCC(C)(C)C)N(C=O)C(CC=CC)(CCC)NC(C)=O. The summed E-state index contributed by atoms with van der Waals surface area (Å²) in [4.78, 5) is 26.1. The lowest BCUT2D eigenvalue weighted by Gasteiger charge is -2.47. The van der Waals surface area contributed by atoms with Gasteiger partial charge in [0.25, 0.3) is 0 Å². The molecule has 0 saturated heterocycles. The lowest BCUT2D eigenvalue weighted by Crippen LogP contribution is -2.63. The van der Waals surface area contributed by atoms with Crippen molar-refractivity contribution in [3.63, 3.8) is 0 Å². The number of nitrogens with one attached hydrogen (secondary N) is 1. The molecule has 0 aliphatic heterocycles. The van der Waals surface area contributed by atoms with E-state index in [9.17, 15) is 9.59 Å². The van der Waals surface area contributed by atoms with Crippen LogP contribution in [-0.4, -0.2) is 28.9 Å². The number of carbonyl (C=O) groups excluding carboxylic acids is 2. The molecule has 26 heavy (non-hydrogen) atoms.